The van der Waals surface area contributed by atoms with Gasteiger partial charge in [-0.05, 0) is 25.5 Å². The van der Waals surface area contributed by atoms with E-state index in [4.69, 9.17) is 22.3 Å². The van der Waals surface area contributed by atoms with Crippen LogP contribution in [0, 0.1) is 0 Å². The molecule has 0 fully saturated rings. The van der Waals surface area contributed by atoms with Crippen molar-refractivity contribution >= 4 is 34.0 Å². The number of nitrogens with zero attached hydrogens (tertiary/aromatic N) is 3. The van der Waals surface area contributed by atoms with E-state index in [1.807, 2.05) is 30.5 Å². The Bertz CT molecular complexity index is 775. The highest BCUT2D eigenvalue weighted by Crippen LogP contribution is 2.31. The highest BCUT2D eigenvalue weighted by Gasteiger charge is 2.17. The van der Waals surface area contributed by atoms with E-state index in [-0.39, 0.29) is 6.04 Å². The van der Waals surface area contributed by atoms with Gasteiger partial charge in [0.15, 0.2) is 5.82 Å². The minimum Gasteiger partial charge on any atom is -0.322 e. The molecule has 0 amide bonds. The first-order chi connectivity index (χ1) is 10.1. The van der Waals surface area contributed by atoms with Gasteiger partial charge in [-0.15, -0.1) is 11.3 Å². The molecule has 21 heavy (non-hydrogen) atoms. The fourth-order valence-corrected chi connectivity index (χ4v) is 3.41. The van der Waals surface area contributed by atoms with Crippen LogP contribution in [0.2, 0.25) is 5.02 Å². The normalized spacial score (nSPS) is 13.0. The Kier molecular flexibility index (Phi) is 3.97. The van der Waals surface area contributed by atoms with Gasteiger partial charge < -0.3 is 10.3 Å². The lowest BCUT2D eigenvalue weighted by Gasteiger charge is -2.07. The molecule has 110 valence electrons. The molecule has 2 heterocycles. The molecule has 0 saturated carbocycles. The molecule has 3 rings (SSSR count). The summed E-state index contributed by atoms with van der Waals surface area (Å²) in [6.45, 7) is 4.94. The molecule has 2 N–H and O–H groups in total. The third-order valence-corrected chi connectivity index (χ3v) is 4.66. The minimum absolute atomic E-state index is 0.0589. The average molecular weight is 321 g/mol. The van der Waals surface area contributed by atoms with Crippen LogP contribution in [0.15, 0.2) is 23.6 Å². The molecular weight excluding hydrogens is 304 g/mol. The lowest BCUT2D eigenvalue weighted by atomic mass is 10.3. The molecule has 0 spiro atoms. The summed E-state index contributed by atoms with van der Waals surface area (Å²) in [5.41, 5.74) is 8.65. The summed E-state index contributed by atoms with van der Waals surface area (Å²) < 4.78 is 2.15. The predicted octanol–water partition coefficient (Wildman–Crippen LogP) is 4.24. The Morgan fingerprint density at radius 1 is 1.38 bits per heavy atom. The summed E-state index contributed by atoms with van der Waals surface area (Å²) in [5.74, 6) is 0.864. The molecule has 1 atom stereocenters. The molecule has 0 saturated heterocycles. The van der Waals surface area contributed by atoms with Crippen molar-refractivity contribution in [2.45, 2.75) is 32.9 Å². The zero-order valence-corrected chi connectivity index (χ0v) is 13.6. The van der Waals surface area contributed by atoms with Crippen molar-refractivity contribution in [2.75, 3.05) is 0 Å². The molecule has 0 aliphatic heterocycles. The molecular formula is C15H17ClN4S. The summed E-state index contributed by atoms with van der Waals surface area (Å²) >= 11 is 7.93. The number of thiazole rings is 1. The molecule has 6 heteroatoms. The maximum Gasteiger partial charge on any atom is 0.160 e. The van der Waals surface area contributed by atoms with Crippen LogP contribution in [-0.4, -0.2) is 14.5 Å². The van der Waals surface area contributed by atoms with Crippen molar-refractivity contribution in [1.82, 2.24) is 14.5 Å². The molecule has 4 nitrogen and oxygen atoms in total. The number of hydrogen-bond acceptors (Lipinski definition) is 4. The number of rotatable bonds is 4. The van der Waals surface area contributed by atoms with E-state index < -0.39 is 0 Å². The number of para-hydroxylation sites is 1. The first-order valence-corrected chi connectivity index (χ1v) is 8.23. The standard InChI is InChI=1S/C15H17ClN4S/c1-3-7-20-13-10(16)5-4-6-11(13)18-14(20)12-8-21-15(19-12)9(2)17/h4-6,8-9H,3,7,17H2,1-2H3. The second-order valence-corrected chi connectivity index (χ2v) is 6.35. The van der Waals surface area contributed by atoms with Gasteiger partial charge in [-0.1, -0.05) is 24.6 Å². The van der Waals surface area contributed by atoms with E-state index in [1.54, 1.807) is 11.3 Å². The largest absolute Gasteiger partial charge is 0.322 e. The molecule has 0 aliphatic rings. The number of fused-ring (bicyclic) bond motifs is 1. The number of benzene rings is 1. The van der Waals surface area contributed by atoms with E-state index in [0.29, 0.717) is 0 Å². The van der Waals surface area contributed by atoms with Crippen molar-refractivity contribution < 1.29 is 0 Å². The number of aryl methyl sites for hydroxylation is 1. The van der Waals surface area contributed by atoms with Gasteiger partial charge in [0, 0.05) is 11.9 Å². The van der Waals surface area contributed by atoms with Crippen molar-refractivity contribution in [3.63, 3.8) is 0 Å². The molecule has 0 aliphatic carbocycles. The van der Waals surface area contributed by atoms with Gasteiger partial charge in [-0.25, -0.2) is 9.97 Å². The number of aromatic nitrogens is 3. The minimum atomic E-state index is -0.0589. The lowest BCUT2D eigenvalue weighted by Crippen LogP contribution is -2.05. The molecule has 0 bridgehead atoms. The van der Waals surface area contributed by atoms with Gasteiger partial charge in [0.2, 0.25) is 0 Å². The maximum atomic E-state index is 6.36. The highest BCUT2D eigenvalue weighted by atomic mass is 35.5. The first kappa shape index (κ1) is 14.5. The van der Waals surface area contributed by atoms with Crippen molar-refractivity contribution in [3.05, 3.63) is 33.6 Å². The SMILES string of the molecule is CCCn1c(-c2csc(C(C)N)n2)nc2cccc(Cl)c21. The second kappa shape index (κ2) is 5.75. The molecule has 0 radical (unpaired) electrons. The number of hydrogen-bond donors (Lipinski definition) is 1. The second-order valence-electron chi connectivity index (χ2n) is 5.05. The third-order valence-electron chi connectivity index (χ3n) is 3.31. The van der Waals surface area contributed by atoms with Gasteiger partial charge in [0.1, 0.15) is 10.7 Å². The van der Waals surface area contributed by atoms with Gasteiger partial charge in [-0.2, -0.15) is 0 Å². The van der Waals surface area contributed by atoms with E-state index in [2.05, 4.69) is 16.5 Å². The van der Waals surface area contributed by atoms with E-state index in [9.17, 15) is 0 Å². The predicted molar refractivity (Wildman–Crippen MR) is 88.7 cm³/mol. The Labute approximate surface area is 132 Å². The third kappa shape index (κ3) is 2.57. The van der Waals surface area contributed by atoms with E-state index >= 15 is 0 Å². The first-order valence-electron chi connectivity index (χ1n) is 6.98. The topological polar surface area (TPSA) is 56.7 Å². The Morgan fingerprint density at radius 3 is 2.86 bits per heavy atom. The summed E-state index contributed by atoms with van der Waals surface area (Å²) in [5, 5.41) is 3.66. The Hall–Kier alpha value is -1.43. The average Bonchev–Trinajstić information content (AvgIpc) is 3.04. The van der Waals surface area contributed by atoms with Crippen molar-refractivity contribution in [3.8, 4) is 11.5 Å². The van der Waals surface area contributed by atoms with E-state index in [0.717, 1.165) is 45.5 Å². The van der Waals surface area contributed by atoms with E-state index in [1.165, 1.54) is 0 Å². The fourth-order valence-electron chi connectivity index (χ4n) is 2.38. The zero-order valence-electron chi connectivity index (χ0n) is 12.0. The fraction of sp³-hybridized carbons (Fsp3) is 0.333. The number of nitrogens with two attached hydrogens (primary N) is 1. The van der Waals surface area contributed by atoms with Gasteiger partial charge in [0.25, 0.3) is 0 Å². The van der Waals surface area contributed by atoms with Crippen LogP contribution in [0.1, 0.15) is 31.3 Å². The van der Waals surface area contributed by atoms with Crippen LogP contribution < -0.4 is 5.73 Å². The highest BCUT2D eigenvalue weighted by molar-refractivity contribution is 7.10. The molecule has 2 aromatic heterocycles. The van der Waals surface area contributed by atoms with Crippen molar-refractivity contribution in [1.29, 1.82) is 0 Å². The smallest absolute Gasteiger partial charge is 0.160 e. The maximum absolute atomic E-state index is 6.36. The van der Waals surface area contributed by atoms with Gasteiger partial charge >= 0.3 is 0 Å². The van der Waals surface area contributed by atoms with Crippen LogP contribution in [0.25, 0.3) is 22.6 Å². The quantitative estimate of drug-likeness (QED) is 0.782. The summed E-state index contributed by atoms with van der Waals surface area (Å²) in [7, 11) is 0. The van der Waals surface area contributed by atoms with Gasteiger partial charge in [-0.3, -0.25) is 0 Å². The zero-order chi connectivity index (χ0) is 15.0. The molecule has 1 unspecified atom stereocenters. The summed E-state index contributed by atoms with van der Waals surface area (Å²) in [6.07, 6.45) is 1.01. The van der Waals surface area contributed by atoms with Crippen molar-refractivity contribution in [2.24, 2.45) is 5.73 Å². The summed E-state index contributed by atoms with van der Waals surface area (Å²) in [6, 6.07) is 5.74. The molecule has 3 aromatic rings. The van der Waals surface area contributed by atoms with Gasteiger partial charge in [0.05, 0.1) is 22.1 Å². The number of halogens is 1. The van der Waals surface area contributed by atoms with Crippen LogP contribution >= 0.6 is 22.9 Å². The van der Waals surface area contributed by atoms with Crippen LogP contribution in [0.3, 0.4) is 0 Å². The lowest BCUT2D eigenvalue weighted by molar-refractivity contribution is 0.702. The van der Waals surface area contributed by atoms with Crippen LogP contribution in [0.5, 0.6) is 0 Å². The van der Waals surface area contributed by atoms with Crippen LogP contribution in [0.4, 0.5) is 0 Å². The monoisotopic (exact) mass is 320 g/mol. The Balaban J connectivity index is 2.21. The number of imidazole rings is 1. The van der Waals surface area contributed by atoms with Crippen LogP contribution in [-0.2, 0) is 6.54 Å². The summed E-state index contributed by atoms with van der Waals surface area (Å²) in [4.78, 5) is 9.33. The Morgan fingerprint density at radius 2 is 2.19 bits per heavy atom. The molecule has 1 aromatic carbocycles.